The Morgan fingerprint density at radius 3 is 2.74 bits per heavy atom. The van der Waals surface area contributed by atoms with Gasteiger partial charge in [-0.3, -0.25) is 9.20 Å². The number of benzene rings is 1. The number of aromatic nitrogens is 2. The van der Waals surface area contributed by atoms with Crippen LogP contribution in [0.25, 0.3) is 16.2 Å². The molecule has 5 heteroatoms. The standard InChI is InChI=1S/C18H21N3OS/c1-3-9-19-17(22)10-15-12-23-18-20-16(11-21(15)18)14-7-5-13(4-2)6-8-14/h5-8,11-12H,3-4,9-10H2,1-2H3,(H,19,22). The Morgan fingerprint density at radius 1 is 1.26 bits per heavy atom. The van der Waals surface area contributed by atoms with Gasteiger partial charge in [0.05, 0.1) is 12.1 Å². The van der Waals surface area contributed by atoms with Gasteiger partial charge in [-0.05, 0) is 18.4 Å². The molecule has 0 spiro atoms. The van der Waals surface area contributed by atoms with Crippen LogP contribution in [0.4, 0.5) is 0 Å². The van der Waals surface area contributed by atoms with Crippen LogP contribution in [0.15, 0.2) is 35.8 Å². The van der Waals surface area contributed by atoms with E-state index < -0.39 is 0 Å². The molecule has 23 heavy (non-hydrogen) atoms. The first-order valence-electron chi connectivity index (χ1n) is 8.02. The average Bonchev–Trinajstić information content (AvgIpc) is 3.15. The van der Waals surface area contributed by atoms with Crippen molar-refractivity contribution in [2.24, 2.45) is 0 Å². The van der Waals surface area contributed by atoms with E-state index in [-0.39, 0.29) is 5.91 Å². The zero-order valence-corrected chi connectivity index (χ0v) is 14.3. The molecule has 0 saturated heterocycles. The summed E-state index contributed by atoms with van der Waals surface area (Å²) < 4.78 is 2.03. The van der Waals surface area contributed by atoms with E-state index in [4.69, 9.17) is 0 Å². The lowest BCUT2D eigenvalue weighted by Gasteiger charge is -2.02. The van der Waals surface area contributed by atoms with E-state index in [2.05, 4.69) is 48.4 Å². The van der Waals surface area contributed by atoms with Gasteiger partial charge in [0.25, 0.3) is 0 Å². The third-order valence-electron chi connectivity index (χ3n) is 3.86. The highest BCUT2D eigenvalue weighted by Crippen LogP contribution is 2.24. The van der Waals surface area contributed by atoms with Crippen LogP contribution in [0.3, 0.4) is 0 Å². The summed E-state index contributed by atoms with van der Waals surface area (Å²) in [5, 5.41) is 4.93. The number of carbonyl (C=O) groups is 1. The molecule has 0 aliphatic carbocycles. The van der Waals surface area contributed by atoms with E-state index in [1.54, 1.807) is 11.3 Å². The molecular weight excluding hydrogens is 306 g/mol. The van der Waals surface area contributed by atoms with Gasteiger partial charge in [-0.25, -0.2) is 4.98 Å². The first-order chi connectivity index (χ1) is 11.2. The summed E-state index contributed by atoms with van der Waals surface area (Å²) in [6.45, 7) is 4.93. The van der Waals surface area contributed by atoms with Crippen molar-refractivity contribution in [3.8, 4) is 11.3 Å². The van der Waals surface area contributed by atoms with Gasteiger partial charge < -0.3 is 5.32 Å². The van der Waals surface area contributed by atoms with Gasteiger partial charge in [-0.1, -0.05) is 38.1 Å². The molecule has 120 valence electrons. The van der Waals surface area contributed by atoms with Crippen molar-refractivity contribution in [2.45, 2.75) is 33.1 Å². The van der Waals surface area contributed by atoms with Crippen LogP contribution >= 0.6 is 11.3 Å². The molecule has 0 bridgehead atoms. The maximum Gasteiger partial charge on any atom is 0.225 e. The second-order valence-electron chi connectivity index (χ2n) is 5.58. The topological polar surface area (TPSA) is 46.4 Å². The summed E-state index contributed by atoms with van der Waals surface area (Å²) in [6.07, 6.45) is 4.41. The van der Waals surface area contributed by atoms with E-state index in [9.17, 15) is 4.79 Å². The predicted octanol–water partition coefficient (Wildman–Crippen LogP) is 3.69. The Hall–Kier alpha value is -2.14. The number of fused-ring (bicyclic) bond motifs is 1. The lowest BCUT2D eigenvalue weighted by atomic mass is 10.1. The van der Waals surface area contributed by atoms with Crippen molar-refractivity contribution >= 4 is 22.2 Å². The van der Waals surface area contributed by atoms with Gasteiger partial charge in [-0.2, -0.15) is 0 Å². The van der Waals surface area contributed by atoms with Crippen LogP contribution < -0.4 is 5.32 Å². The van der Waals surface area contributed by atoms with E-state index in [0.717, 1.165) is 41.3 Å². The summed E-state index contributed by atoms with van der Waals surface area (Å²) >= 11 is 1.57. The molecule has 1 N–H and O–H groups in total. The Labute approximate surface area is 140 Å². The summed E-state index contributed by atoms with van der Waals surface area (Å²) in [4.78, 5) is 17.5. The molecule has 0 saturated carbocycles. The van der Waals surface area contributed by atoms with Crippen molar-refractivity contribution in [3.05, 3.63) is 47.1 Å². The lowest BCUT2D eigenvalue weighted by molar-refractivity contribution is -0.120. The van der Waals surface area contributed by atoms with Crippen LogP contribution in [0.5, 0.6) is 0 Å². The maximum absolute atomic E-state index is 11.9. The highest BCUT2D eigenvalue weighted by molar-refractivity contribution is 7.15. The van der Waals surface area contributed by atoms with E-state index in [1.165, 1.54) is 5.56 Å². The number of imidazole rings is 1. The van der Waals surface area contributed by atoms with Crippen molar-refractivity contribution < 1.29 is 4.79 Å². The zero-order valence-electron chi connectivity index (χ0n) is 13.5. The molecule has 0 atom stereocenters. The Morgan fingerprint density at radius 2 is 2.04 bits per heavy atom. The number of hydrogen-bond donors (Lipinski definition) is 1. The molecule has 1 amide bonds. The summed E-state index contributed by atoms with van der Waals surface area (Å²) in [6, 6.07) is 8.50. The quantitative estimate of drug-likeness (QED) is 0.750. The van der Waals surface area contributed by atoms with E-state index in [1.807, 2.05) is 16.0 Å². The number of hydrogen-bond acceptors (Lipinski definition) is 3. The molecule has 0 aliphatic heterocycles. The molecule has 2 aromatic heterocycles. The van der Waals surface area contributed by atoms with Crippen LogP contribution in [-0.2, 0) is 17.6 Å². The largest absolute Gasteiger partial charge is 0.356 e. The van der Waals surface area contributed by atoms with Crippen molar-refractivity contribution in [1.82, 2.24) is 14.7 Å². The normalized spacial score (nSPS) is 11.0. The molecule has 3 aromatic rings. The summed E-state index contributed by atoms with van der Waals surface area (Å²) in [5.74, 6) is 0.0640. The fourth-order valence-corrected chi connectivity index (χ4v) is 3.37. The molecule has 4 nitrogen and oxygen atoms in total. The van der Waals surface area contributed by atoms with E-state index in [0.29, 0.717) is 6.42 Å². The van der Waals surface area contributed by atoms with Crippen LogP contribution in [-0.4, -0.2) is 21.8 Å². The Balaban J connectivity index is 1.83. The third kappa shape index (κ3) is 3.45. The Bertz CT molecular complexity index is 801. The fraction of sp³-hybridized carbons (Fsp3) is 0.333. The minimum Gasteiger partial charge on any atom is -0.356 e. The molecule has 0 aliphatic rings. The number of nitrogens with one attached hydrogen (secondary N) is 1. The number of thiazole rings is 1. The highest BCUT2D eigenvalue weighted by Gasteiger charge is 2.12. The van der Waals surface area contributed by atoms with Gasteiger partial charge in [0.1, 0.15) is 0 Å². The van der Waals surface area contributed by atoms with Crippen molar-refractivity contribution in [3.63, 3.8) is 0 Å². The first kappa shape index (κ1) is 15.7. The van der Waals surface area contributed by atoms with Crippen LogP contribution in [0.2, 0.25) is 0 Å². The highest BCUT2D eigenvalue weighted by atomic mass is 32.1. The number of nitrogens with zero attached hydrogens (tertiary/aromatic N) is 2. The lowest BCUT2D eigenvalue weighted by Crippen LogP contribution is -2.26. The van der Waals surface area contributed by atoms with Gasteiger partial charge in [0, 0.05) is 29.4 Å². The van der Waals surface area contributed by atoms with Crippen LogP contribution in [0, 0.1) is 0 Å². The van der Waals surface area contributed by atoms with E-state index >= 15 is 0 Å². The van der Waals surface area contributed by atoms with Gasteiger partial charge >= 0.3 is 0 Å². The van der Waals surface area contributed by atoms with Gasteiger partial charge in [0.2, 0.25) is 5.91 Å². The molecule has 0 radical (unpaired) electrons. The van der Waals surface area contributed by atoms with Crippen LogP contribution in [0.1, 0.15) is 31.5 Å². The molecule has 0 fully saturated rings. The minimum absolute atomic E-state index is 0.0640. The number of amides is 1. The number of aryl methyl sites for hydroxylation is 1. The second kappa shape index (κ2) is 6.96. The third-order valence-corrected chi connectivity index (χ3v) is 4.74. The number of rotatable bonds is 6. The molecule has 2 heterocycles. The monoisotopic (exact) mass is 327 g/mol. The Kier molecular flexibility index (Phi) is 4.76. The molecule has 0 unspecified atom stereocenters. The smallest absolute Gasteiger partial charge is 0.225 e. The minimum atomic E-state index is 0.0640. The average molecular weight is 327 g/mol. The van der Waals surface area contributed by atoms with Gasteiger partial charge in [0.15, 0.2) is 4.96 Å². The fourth-order valence-electron chi connectivity index (χ4n) is 2.50. The zero-order chi connectivity index (χ0) is 16.2. The molecule has 3 rings (SSSR count). The van der Waals surface area contributed by atoms with Crippen molar-refractivity contribution in [2.75, 3.05) is 6.54 Å². The second-order valence-corrected chi connectivity index (χ2v) is 6.42. The molecular formula is C18H21N3OS. The van der Waals surface area contributed by atoms with Crippen molar-refractivity contribution in [1.29, 1.82) is 0 Å². The molecule has 1 aromatic carbocycles. The van der Waals surface area contributed by atoms with Gasteiger partial charge in [-0.15, -0.1) is 11.3 Å². The summed E-state index contributed by atoms with van der Waals surface area (Å²) in [5.41, 5.74) is 4.37. The maximum atomic E-state index is 11.9. The number of carbonyl (C=O) groups excluding carboxylic acids is 1. The first-order valence-corrected chi connectivity index (χ1v) is 8.90. The predicted molar refractivity (Wildman–Crippen MR) is 94.9 cm³/mol. The SMILES string of the molecule is CCCNC(=O)Cc1csc2nc(-c3ccc(CC)cc3)cn12. The summed E-state index contributed by atoms with van der Waals surface area (Å²) in [7, 11) is 0.